The second-order valence-electron chi connectivity index (χ2n) is 6.88. The van der Waals surface area contributed by atoms with Gasteiger partial charge in [0.25, 0.3) is 5.91 Å². The highest BCUT2D eigenvalue weighted by Crippen LogP contribution is 2.36. The van der Waals surface area contributed by atoms with E-state index in [1.54, 1.807) is 23.4 Å². The van der Waals surface area contributed by atoms with Gasteiger partial charge in [0.15, 0.2) is 5.76 Å². The van der Waals surface area contributed by atoms with E-state index in [0.29, 0.717) is 32.1 Å². The van der Waals surface area contributed by atoms with Crippen LogP contribution in [0.4, 0.5) is 0 Å². The van der Waals surface area contributed by atoms with Crippen LogP contribution in [0, 0.1) is 6.92 Å². The van der Waals surface area contributed by atoms with Gasteiger partial charge in [-0.1, -0.05) is 0 Å². The van der Waals surface area contributed by atoms with Gasteiger partial charge in [-0.3, -0.25) is 9.78 Å². The molecule has 2 aliphatic heterocycles. The van der Waals surface area contributed by atoms with E-state index in [0.717, 1.165) is 24.2 Å². The molecule has 2 aliphatic rings. The SMILES string of the molecule is Cc1ccc(C(=O)N2CC3(C[C@@H](OCc4ccncc4)CCO3)C2)o1. The number of rotatable bonds is 4. The van der Waals surface area contributed by atoms with E-state index in [4.69, 9.17) is 13.9 Å². The molecular weight excluding hydrogens is 320 g/mol. The van der Waals surface area contributed by atoms with Crippen molar-refractivity contribution in [2.45, 2.75) is 38.1 Å². The van der Waals surface area contributed by atoms with Gasteiger partial charge in [0.1, 0.15) is 11.4 Å². The highest BCUT2D eigenvalue weighted by atomic mass is 16.5. The number of ether oxygens (including phenoxy) is 2. The molecule has 0 aromatic carbocycles. The maximum atomic E-state index is 12.4. The molecule has 0 bridgehead atoms. The Hall–Kier alpha value is -2.18. The number of amides is 1. The quantitative estimate of drug-likeness (QED) is 0.854. The lowest BCUT2D eigenvalue weighted by molar-refractivity contribution is -0.188. The van der Waals surface area contributed by atoms with Gasteiger partial charge >= 0.3 is 0 Å². The summed E-state index contributed by atoms with van der Waals surface area (Å²) >= 11 is 0. The lowest BCUT2D eigenvalue weighted by atomic mass is 9.84. The standard InChI is InChI=1S/C19H22N2O4/c1-14-2-3-17(25-14)18(22)21-12-19(13-21)10-16(6-9-24-19)23-11-15-4-7-20-8-5-15/h2-5,7-8,16H,6,9-13H2,1H3/t16-/m0/s1. The molecule has 2 fully saturated rings. The maximum Gasteiger partial charge on any atom is 0.289 e. The fourth-order valence-corrected chi connectivity index (χ4v) is 3.54. The van der Waals surface area contributed by atoms with Crippen molar-refractivity contribution in [3.05, 3.63) is 53.7 Å². The van der Waals surface area contributed by atoms with E-state index >= 15 is 0 Å². The zero-order chi connectivity index (χ0) is 17.3. The molecule has 6 heteroatoms. The summed E-state index contributed by atoms with van der Waals surface area (Å²) in [4.78, 5) is 18.2. The summed E-state index contributed by atoms with van der Waals surface area (Å²) < 4.78 is 17.5. The van der Waals surface area contributed by atoms with Crippen molar-refractivity contribution in [1.29, 1.82) is 0 Å². The van der Waals surface area contributed by atoms with Crippen molar-refractivity contribution in [3.63, 3.8) is 0 Å². The Labute approximate surface area is 146 Å². The number of hydrogen-bond donors (Lipinski definition) is 0. The highest BCUT2D eigenvalue weighted by molar-refractivity contribution is 5.92. The van der Waals surface area contributed by atoms with Crippen molar-refractivity contribution >= 4 is 5.91 Å². The highest BCUT2D eigenvalue weighted by Gasteiger charge is 2.50. The Morgan fingerprint density at radius 3 is 2.84 bits per heavy atom. The van der Waals surface area contributed by atoms with E-state index in [1.165, 1.54) is 0 Å². The zero-order valence-corrected chi connectivity index (χ0v) is 14.3. The maximum absolute atomic E-state index is 12.4. The zero-order valence-electron chi connectivity index (χ0n) is 14.3. The first kappa shape index (κ1) is 16.3. The average molecular weight is 342 g/mol. The normalized spacial score (nSPS) is 22.0. The number of nitrogens with zero attached hydrogens (tertiary/aromatic N) is 2. The molecule has 4 heterocycles. The number of likely N-dealkylation sites (tertiary alicyclic amines) is 1. The molecule has 2 saturated heterocycles. The molecule has 6 nitrogen and oxygen atoms in total. The first-order chi connectivity index (χ1) is 12.1. The van der Waals surface area contributed by atoms with Gasteiger partial charge < -0.3 is 18.8 Å². The van der Waals surface area contributed by atoms with Crippen molar-refractivity contribution < 1.29 is 18.7 Å². The predicted molar refractivity (Wildman–Crippen MR) is 90.1 cm³/mol. The first-order valence-electron chi connectivity index (χ1n) is 8.64. The van der Waals surface area contributed by atoms with Gasteiger partial charge in [0.05, 0.1) is 25.8 Å². The van der Waals surface area contributed by atoms with Crippen LogP contribution in [0.5, 0.6) is 0 Å². The fraction of sp³-hybridized carbons (Fsp3) is 0.474. The minimum absolute atomic E-state index is 0.0675. The van der Waals surface area contributed by atoms with Crippen molar-refractivity contribution in [1.82, 2.24) is 9.88 Å². The van der Waals surface area contributed by atoms with Crippen LogP contribution in [-0.2, 0) is 16.1 Å². The molecule has 0 aliphatic carbocycles. The van der Waals surface area contributed by atoms with Gasteiger partial charge in [-0.25, -0.2) is 0 Å². The summed E-state index contributed by atoms with van der Waals surface area (Å²) in [5.74, 6) is 1.08. The summed E-state index contributed by atoms with van der Waals surface area (Å²) in [6.45, 7) is 4.28. The van der Waals surface area contributed by atoms with E-state index < -0.39 is 0 Å². The minimum Gasteiger partial charge on any atom is -0.456 e. The Morgan fingerprint density at radius 2 is 2.12 bits per heavy atom. The van der Waals surface area contributed by atoms with Crippen LogP contribution in [-0.4, -0.2) is 47.2 Å². The first-order valence-corrected chi connectivity index (χ1v) is 8.64. The molecular formula is C19H22N2O4. The van der Waals surface area contributed by atoms with Crippen LogP contribution < -0.4 is 0 Å². The van der Waals surface area contributed by atoms with Gasteiger partial charge in [-0.15, -0.1) is 0 Å². The number of aromatic nitrogens is 1. The van der Waals surface area contributed by atoms with Crippen molar-refractivity contribution in [2.24, 2.45) is 0 Å². The Kier molecular flexibility index (Phi) is 4.31. The third kappa shape index (κ3) is 3.45. The number of carbonyl (C=O) groups is 1. The molecule has 1 atom stereocenters. The van der Waals surface area contributed by atoms with Crippen molar-refractivity contribution in [3.8, 4) is 0 Å². The second kappa shape index (κ2) is 6.61. The van der Waals surface area contributed by atoms with E-state index in [1.807, 2.05) is 25.1 Å². The third-order valence-corrected chi connectivity index (χ3v) is 4.88. The molecule has 0 unspecified atom stereocenters. The number of aryl methyl sites for hydroxylation is 1. The van der Waals surface area contributed by atoms with Gasteiger partial charge in [0, 0.05) is 25.4 Å². The summed E-state index contributed by atoms with van der Waals surface area (Å²) in [5, 5.41) is 0. The smallest absolute Gasteiger partial charge is 0.289 e. The minimum atomic E-state index is -0.265. The molecule has 2 aromatic heterocycles. The summed E-state index contributed by atoms with van der Waals surface area (Å²) in [6.07, 6.45) is 5.41. The third-order valence-electron chi connectivity index (χ3n) is 4.88. The largest absolute Gasteiger partial charge is 0.456 e. The van der Waals surface area contributed by atoms with Crippen LogP contribution >= 0.6 is 0 Å². The molecule has 132 valence electrons. The van der Waals surface area contributed by atoms with Gasteiger partial charge in [-0.2, -0.15) is 0 Å². The summed E-state index contributed by atoms with van der Waals surface area (Å²) in [5.41, 5.74) is 0.854. The monoisotopic (exact) mass is 342 g/mol. The van der Waals surface area contributed by atoms with Gasteiger partial charge in [0.2, 0.25) is 0 Å². The molecule has 25 heavy (non-hydrogen) atoms. The van der Waals surface area contributed by atoms with E-state index in [9.17, 15) is 4.79 Å². The van der Waals surface area contributed by atoms with Crippen LogP contribution in [0.2, 0.25) is 0 Å². The van der Waals surface area contributed by atoms with Crippen LogP contribution in [0.15, 0.2) is 41.1 Å². The van der Waals surface area contributed by atoms with Crippen LogP contribution in [0.25, 0.3) is 0 Å². The molecule has 1 amide bonds. The number of pyridine rings is 1. The van der Waals surface area contributed by atoms with Crippen LogP contribution in [0.3, 0.4) is 0 Å². The Balaban J connectivity index is 1.31. The predicted octanol–water partition coefficient (Wildman–Crippen LogP) is 2.57. The van der Waals surface area contributed by atoms with Crippen LogP contribution in [0.1, 0.15) is 34.7 Å². The topological polar surface area (TPSA) is 64.8 Å². The molecule has 1 spiro atoms. The molecule has 0 N–H and O–H groups in total. The molecule has 0 radical (unpaired) electrons. The Morgan fingerprint density at radius 1 is 1.32 bits per heavy atom. The summed E-state index contributed by atoms with van der Waals surface area (Å²) in [6, 6.07) is 7.46. The van der Waals surface area contributed by atoms with E-state index in [2.05, 4.69) is 4.98 Å². The Bertz CT molecular complexity index is 737. The van der Waals surface area contributed by atoms with E-state index in [-0.39, 0.29) is 17.6 Å². The number of carbonyl (C=O) groups excluding carboxylic acids is 1. The lowest BCUT2D eigenvalue weighted by Crippen LogP contribution is -2.67. The number of furan rings is 1. The number of hydrogen-bond acceptors (Lipinski definition) is 5. The molecule has 2 aromatic rings. The molecule has 0 saturated carbocycles. The van der Waals surface area contributed by atoms with Crippen molar-refractivity contribution in [2.75, 3.05) is 19.7 Å². The lowest BCUT2D eigenvalue weighted by Gasteiger charge is -2.52. The second-order valence-corrected chi connectivity index (χ2v) is 6.88. The molecule has 4 rings (SSSR count). The van der Waals surface area contributed by atoms with Gasteiger partial charge in [-0.05, 0) is 43.2 Å². The average Bonchev–Trinajstić information content (AvgIpc) is 3.05. The fourth-order valence-electron chi connectivity index (χ4n) is 3.54. The summed E-state index contributed by atoms with van der Waals surface area (Å²) in [7, 11) is 0.